The monoisotopic (exact) mass is 984 g/mol. The van der Waals surface area contributed by atoms with Gasteiger partial charge in [-0.2, -0.15) is 0 Å². The fourth-order valence-electron chi connectivity index (χ4n) is 8.96. The number of rotatable bonds is 9. The van der Waals surface area contributed by atoms with E-state index >= 15 is 0 Å². The normalized spacial score (nSPS) is 12.7. The van der Waals surface area contributed by atoms with Crippen LogP contribution in [0.4, 0.5) is 11.4 Å². The molecule has 71 heavy (non-hydrogen) atoms. The fourth-order valence-corrected chi connectivity index (χ4v) is 8.96. The first kappa shape index (κ1) is 52.2. The van der Waals surface area contributed by atoms with Gasteiger partial charge in [-0.3, -0.25) is 0 Å². The second-order valence-corrected chi connectivity index (χ2v) is 22.7. The first-order valence-electron chi connectivity index (χ1n) is 24.5. The van der Waals surface area contributed by atoms with Crippen LogP contribution in [0, 0.1) is 0 Å². The Bertz CT molecular complexity index is 3000. The van der Waals surface area contributed by atoms with Gasteiger partial charge in [0.05, 0.1) is 22.8 Å². The molecule has 4 nitrogen and oxygen atoms in total. The summed E-state index contributed by atoms with van der Waals surface area (Å²) < 4.78 is 0. The van der Waals surface area contributed by atoms with E-state index in [4.69, 9.17) is 9.98 Å². The topological polar surface area (TPSA) is 65.2 Å². The van der Waals surface area contributed by atoms with Crippen molar-refractivity contribution < 1.29 is 29.7 Å². The van der Waals surface area contributed by atoms with E-state index < -0.39 is 0 Å². The summed E-state index contributed by atoms with van der Waals surface area (Å²) in [6.07, 6.45) is 0. The largest absolute Gasteiger partial charge is 0.507 e. The standard InChI is InChI=1S/C66H68N2O2.Zn/c1-63(2,3)49-39-53(61(69)55(41-49)65(7,8)9)59(45-29-21-15-22-30-45)67-57-37-47(43-25-17-13-18-26-43)33-35-51(57)52-36-34-48(44-27-19-14-20-28-44)38-58(52)68-60(46-31-23-16-24-32-46)54-40-50(64(4,5)6)42-56(62(54)70)66(10,11)12;/h13-42,69-70H,1-12H3;. The van der Waals surface area contributed by atoms with E-state index in [0.717, 1.165) is 78.1 Å². The molecule has 8 rings (SSSR count). The van der Waals surface area contributed by atoms with Crippen LogP contribution in [0.25, 0.3) is 33.4 Å². The summed E-state index contributed by atoms with van der Waals surface area (Å²) in [5.74, 6) is 0.446. The maximum atomic E-state index is 12.5. The zero-order valence-corrected chi connectivity index (χ0v) is 46.8. The Labute approximate surface area is 436 Å². The number of phenols is 2. The second-order valence-electron chi connectivity index (χ2n) is 22.7. The molecule has 0 aliphatic carbocycles. The van der Waals surface area contributed by atoms with E-state index in [-0.39, 0.29) is 52.6 Å². The molecule has 0 amide bonds. The van der Waals surface area contributed by atoms with Gasteiger partial charge < -0.3 is 10.2 Å². The third-order valence-electron chi connectivity index (χ3n) is 13.1. The van der Waals surface area contributed by atoms with E-state index in [0.29, 0.717) is 22.6 Å². The van der Waals surface area contributed by atoms with E-state index in [1.807, 2.05) is 48.5 Å². The van der Waals surface area contributed by atoms with Gasteiger partial charge in [-0.05, 0) is 79.3 Å². The average Bonchev–Trinajstić information content (AvgIpc) is 3.32. The zero-order valence-electron chi connectivity index (χ0n) is 43.8. The van der Waals surface area contributed by atoms with Gasteiger partial charge in [0.2, 0.25) is 0 Å². The number of benzene rings is 8. The van der Waals surface area contributed by atoms with Crippen LogP contribution in [-0.2, 0) is 41.1 Å². The van der Waals surface area contributed by atoms with Crippen molar-refractivity contribution in [3.8, 4) is 44.9 Å². The third-order valence-corrected chi connectivity index (χ3v) is 13.1. The van der Waals surface area contributed by atoms with E-state index in [1.54, 1.807) is 0 Å². The molecule has 0 atom stereocenters. The van der Waals surface area contributed by atoms with Crippen molar-refractivity contribution in [1.29, 1.82) is 0 Å². The van der Waals surface area contributed by atoms with Crippen molar-refractivity contribution in [2.45, 2.75) is 105 Å². The molecule has 0 spiro atoms. The molecule has 0 fully saturated rings. The molecule has 0 bridgehead atoms. The van der Waals surface area contributed by atoms with E-state index in [9.17, 15) is 10.2 Å². The van der Waals surface area contributed by atoms with Crippen molar-refractivity contribution in [3.63, 3.8) is 0 Å². The molecular weight excluding hydrogens is 918 g/mol. The number of hydrogen-bond donors (Lipinski definition) is 2. The summed E-state index contributed by atoms with van der Waals surface area (Å²) >= 11 is 0. The van der Waals surface area contributed by atoms with Crippen molar-refractivity contribution in [2.75, 3.05) is 0 Å². The first-order chi connectivity index (χ1) is 33.1. The van der Waals surface area contributed by atoms with Gasteiger partial charge >= 0.3 is 0 Å². The average molecular weight is 987 g/mol. The minimum absolute atomic E-state index is 0. The van der Waals surface area contributed by atoms with Gasteiger partial charge in [-0.15, -0.1) is 0 Å². The van der Waals surface area contributed by atoms with Gasteiger partial charge in [0.15, 0.2) is 0 Å². The number of aliphatic imine (C=N–C) groups is 2. The molecular formula is C66H68N2O2Zn. The van der Waals surface area contributed by atoms with Crippen LogP contribution in [-0.4, -0.2) is 21.6 Å². The molecule has 0 heterocycles. The molecule has 8 aromatic rings. The molecule has 0 saturated heterocycles. The van der Waals surface area contributed by atoms with Crippen LogP contribution in [0.5, 0.6) is 11.5 Å². The van der Waals surface area contributed by atoms with E-state index in [2.05, 4.69) is 217 Å². The van der Waals surface area contributed by atoms with Crippen LogP contribution in [0.2, 0.25) is 0 Å². The van der Waals surface area contributed by atoms with Crippen LogP contribution in [0.3, 0.4) is 0 Å². The molecule has 0 aliphatic heterocycles. The summed E-state index contributed by atoms with van der Waals surface area (Å²) in [7, 11) is 0. The summed E-state index contributed by atoms with van der Waals surface area (Å²) in [5, 5.41) is 25.0. The molecule has 2 N–H and O–H groups in total. The zero-order chi connectivity index (χ0) is 50.2. The SMILES string of the molecule is CC(C)(C)c1cc(C(=Nc2cc(-c3ccccc3)ccc2-c2ccc(-c3ccccc3)cc2N=C(c2ccccc2)c2cc(C(C)(C)C)cc(C(C)(C)C)c2O)c2ccccc2)c(O)c(C(C)(C)C)c1.[Zn]. The van der Waals surface area contributed by atoms with Crippen molar-refractivity contribution >= 4 is 22.8 Å². The molecule has 0 unspecified atom stereocenters. The first-order valence-corrected chi connectivity index (χ1v) is 24.5. The molecule has 0 radical (unpaired) electrons. The predicted octanol–water partition coefficient (Wildman–Crippen LogP) is 17.6. The van der Waals surface area contributed by atoms with Crippen molar-refractivity contribution in [1.82, 2.24) is 0 Å². The molecule has 8 aromatic carbocycles. The molecule has 0 aliphatic rings. The van der Waals surface area contributed by atoms with E-state index in [1.165, 1.54) is 0 Å². The number of aromatic hydroxyl groups is 2. The third kappa shape index (κ3) is 11.6. The van der Waals surface area contributed by atoms with Crippen molar-refractivity contribution in [3.05, 3.63) is 226 Å². The van der Waals surface area contributed by atoms with Crippen LogP contribution in [0.15, 0.2) is 192 Å². The maximum Gasteiger partial charge on any atom is 0.128 e. The predicted molar refractivity (Wildman–Crippen MR) is 297 cm³/mol. The number of hydrogen-bond acceptors (Lipinski definition) is 4. The summed E-state index contributed by atoms with van der Waals surface area (Å²) in [5.41, 5.74) is 14.6. The Morgan fingerprint density at radius 2 is 0.648 bits per heavy atom. The van der Waals surface area contributed by atoms with Crippen LogP contribution in [0.1, 0.15) is 128 Å². The molecule has 0 saturated carbocycles. The van der Waals surface area contributed by atoms with Crippen LogP contribution < -0.4 is 0 Å². The molecule has 5 heteroatoms. The van der Waals surface area contributed by atoms with Gasteiger partial charge in [-0.1, -0.05) is 241 Å². The Morgan fingerprint density at radius 1 is 0.338 bits per heavy atom. The second kappa shape index (κ2) is 20.6. The number of nitrogens with zero attached hydrogens (tertiary/aromatic N) is 2. The number of phenolic OH excluding ortho intramolecular Hbond substituents is 2. The summed E-state index contributed by atoms with van der Waals surface area (Å²) in [6.45, 7) is 26.2. The minimum Gasteiger partial charge on any atom is -0.507 e. The van der Waals surface area contributed by atoms with Gasteiger partial charge in [0.1, 0.15) is 11.5 Å². The smallest absolute Gasteiger partial charge is 0.128 e. The Hall–Kier alpha value is -6.68. The fraction of sp³-hybridized carbons (Fsp3) is 0.242. The maximum absolute atomic E-state index is 12.5. The Morgan fingerprint density at radius 3 is 0.944 bits per heavy atom. The van der Waals surface area contributed by atoms with Gasteiger partial charge in [0.25, 0.3) is 0 Å². The van der Waals surface area contributed by atoms with Crippen LogP contribution >= 0.6 is 0 Å². The Balaban J connectivity index is 0.00000741. The Kier molecular flexibility index (Phi) is 15.1. The summed E-state index contributed by atoms with van der Waals surface area (Å²) in [4.78, 5) is 11.5. The summed E-state index contributed by atoms with van der Waals surface area (Å²) in [6, 6.07) is 62.7. The molecule has 356 valence electrons. The quantitative estimate of drug-likeness (QED) is 0.112. The van der Waals surface area contributed by atoms with Gasteiger partial charge in [-0.25, -0.2) is 9.98 Å². The van der Waals surface area contributed by atoms with Gasteiger partial charge in [0, 0.05) is 64.0 Å². The van der Waals surface area contributed by atoms with Crippen molar-refractivity contribution in [2.24, 2.45) is 9.98 Å². The minimum atomic E-state index is -0.349. The molecule has 0 aromatic heterocycles.